The highest BCUT2D eigenvalue weighted by Crippen LogP contribution is 2.57. The molecule has 0 aliphatic carbocycles. The first-order valence-electron chi connectivity index (χ1n) is 9.04. The number of amides is 2. The molecule has 0 unspecified atom stereocenters. The third-order valence-electron chi connectivity index (χ3n) is 6.03. The van der Waals surface area contributed by atoms with E-state index in [0.29, 0.717) is 5.69 Å². The Bertz CT molecular complexity index is 985. The zero-order valence-electron chi connectivity index (χ0n) is 14.8. The van der Waals surface area contributed by atoms with E-state index >= 15 is 0 Å². The van der Waals surface area contributed by atoms with Gasteiger partial charge in [-0.05, 0) is 18.6 Å². The molecule has 3 aliphatic rings. The van der Waals surface area contributed by atoms with Crippen LogP contribution in [0.1, 0.15) is 6.92 Å². The van der Waals surface area contributed by atoms with Crippen LogP contribution in [0.25, 0.3) is 11.1 Å². The molecule has 5 heteroatoms. The van der Waals surface area contributed by atoms with Crippen LogP contribution < -0.4 is 4.90 Å². The molecule has 0 spiro atoms. The quantitative estimate of drug-likeness (QED) is 0.674. The predicted octanol–water partition coefficient (Wildman–Crippen LogP) is 2.55. The minimum Gasteiger partial charge on any atom is -0.393 e. The highest BCUT2D eigenvalue weighted by molar-refractivity contribution is 6.24. The number of hydrogen-bond acceptors (Lipinski definition) is 4. The molecular weight excluding hydrogens is 342 g/mol. The van der Waals surface area contributed by atoms with E-state index in [-0.39, 0.29) is 18.4 Å². The van der Waals surface area contributed by atoms with Crippen LogP contribution in [0.2, 0.25) is 0 Å². The minimum absolute atomic E-state index is 0.268. The van der Waals surface area contributed by atoms with Gasteiger partial charge in [-0.3, -0.25) is 9.59 Å². The number of imide groups is 1. The fraction of sp³-hybridized carbons (Fsp3) is 0.273. The number of para-hydroxylation sites is 1. The number of carbonyl (C=O) groups excluding carboxylic acids is 2. The van der Waals surface area contributed by atoms with Crippen molar-refractivity contribution in [2.75, 3.05) is 11.5 Å². The highest BCUT2D eigenvalue weighted by atomic mass is 16.5. The number of fused-ring (bicyclic) bond motifs is 5. The monoisotopic (exact) mass is 361 g/mol. The van der Waals surface area contributed by atoms with E-state index in [4.69, 9.17) is 4.74 Å². The van der Waals surface area contributed by atoms with Gasteiger partial charge in [-0.15, -0.1) is 0 Å². The van der Waals surface area contributed by atoms with E-state index in [1.165, 1.54) is 4.90 Å². The number of rotatable bonds is 3. The van der Waals surface area contributed by atoms with Crippen LogP contribution in [0.4, 0.5) is 5.69 Å². The molecule has 136 valence electrons. The van der Waals surface area contributed by atoms with Crippen LogP contribution in [0.3, 0.4) is 0 Å². The average Bonchev–Trinajstić information content (AvgIpc) is 3.28. The molecule has 2 bridgehead atoms. The van der Waals surface area contributed by atoms with Gasteiger partial charge < -0.3 is 9.84 Å². The fourth-order valence-electron chi connectivity index (χ4n) is 4.81. The lowest BCUT2D eigenvalue weighted by Crippen LogP contribution is -2.43. The molecule has 3 aliphatic heterocycles. The van der Waals surface area contributed by atoms with Gasteiger partial charge in [-0.2, -0.15) is 0 Å². The van der Waals surface area contributed by atoms with Gasteiger partial charge in [0.1, 0.15) is 5.60 Å². The van der Waals surface area contributed by atoms with Crippen molar-refractivity contribution in [3.8, 4) is 11.1 Å². The van der Waals surface area contributed by atoms with Gasteiger partial charge in [0.05, 0.1) is 29.7 Å². The average molecular weight is 361 g/mol. The summed E-state index contributed by atoms with van der Waals surface area (Å²) in [5.41, 5.74) is 0.360. The molecule has 2 amide bonds. The molecule has 0 saturated carbocycles. The third kappa shape index (κ3) is 2.01. The van der Waals surface area contributed by atoms with Gasteiger partial charge in [0, 0.05) is 5.56 Å². The Balaban J connectivity index is 1.64. The van der Waals surface area contributed by atoms with E-state index in [1.54, 1.807) is 12.1 Å². The van der Waals surface area contributed by atoms with Gasteiger partial charge >= 0.3 is 0 Å². The van der Waals surface area contributed by atoms with Crippen molar-refractivity contribution in [1.82, 2.24) is 0 Å². The second-order valence-corrected chi connectivity index (χ2v) is 7.58. The number of ether oxygens (including phenoxy) is 1. The van der Waals surface area contributed by atoms with E-state index in [1.807, 2.05) is 61.5 Å². The number of nitrogens with zero attached hydrogens (tertiary/aromatic N) is 1. The molecule has 2 fully saturated rings. The van der Waals surface area contributed by atoms with Crippen molar-refractivity contribution < 1.29 is 19.4 Å². The Kier molecular flexibility index (Phi) is 3.27. The van der Waals surface area contributed by atoms with Gasteiger partial charge in [0.25, 0.3) is 0 Å². The van der Waals surface area contributed by atoms with Crippen LogP contribution in [0.5, 0.6) is 0 Å². The third-order valence-corrected chi connectivity index (χ3v) is 6.03. The van der Waals surface area contributed by atoms with Gasteiger partial charge in [-0.1, -0.05) is 60.7 Å². The molecule has 0 aromatic heterocycles. The predicted molar refractivity (Wildman–Crippen MR) is 99.8 cm³/mol. The summed E-state index contributed by atoms with van der Waals surface area (Å²) in [6, 6.07) is 17.1. The maximum Gasteiger partial charge on any atom is 0.241 e. The van der Waals surface area contributed by atoms with Gasteiger partial charge in [-0.25, -0.2) is 4.90 Å². The fourth-order valence-corrected chi connectivity index (χ4v) is 4.81. The summed E-state index contributed by atoms with van der Waals surface area (Å²) in [6.45, 7) is 1.48. The maximum atomic E-state index is 13.4. The van der Waals surface area contributed by atoms with Crippen LogP contribution in [0, 0.1) is 11.8 Å². The Labute approximate surface area is 156 Å². The van der Waals surface area contributed by atoms with Crippen LogP contribution in [-0.4, -0.2) is 34.7 Å². The summed E-state index contributed by atoms with van der Waals surface area (Å²) in [5.74, 6) is -1.90. The summed E-state index contributed by atoms with van der Waals surface area (Å²) in [4.78, 5) is 28.0. The van der Waals surface area contributed by atoms with E-state index in [9.17, 15) is 14.7 Å². The Morgan fingerprint density at radius 2 is 1.63 bits per heavy atom. The van der Waals surface area contributed by atoms with Gasteiger partial charge in [0.15, 0.2) is 0 Å². The number of carbonyl (C=O) groups is 2. The van der Waals surface area contributed by atoms with Crippen molar-refractivity contribution in [1.29, 1.82) is 0 Å². The van der Waals surface area contributed by atoms with E-state index in [0.717, 1.165) is 11.1 Å². The molecule has 5 nitrogen and oxygen atoms in total. The maximum absolute atomic E-state index is 13.4. The van der Waals surface area contributed by atoms with Crippen molar-refractivity contribution in [2.45, 2.75) is 18.1 Å². The zero-order chi connectivity index (χ0) is 18.8. The number of benzene rings is 2. The molecule has 4 atom stereocenters. The zero-order valence-corrected chi connectivity index (χ0v) is 14.8. The Morgan fingerprint density at radius 3 is 2.37 bits per heavy atom. The molecule has 2 saturated heterocycles. The summed E-state index contributed by atoms with van der Waals surface area (Å²) in [7, 11) is 0. The number of aliphatic hydroxyl groups is 1. The Morgan fingerprint density at radius 1 is 0.963 bits per heavy atom. The van der Waals surface area contributed by atoms with Crippen LogP contribution in [-0.2, 0) is 14.3 Å². The highest BCUT2D eigenvalue weighted by Gasteiger charge is 2.72. The Hall–Kier alpha value is -2.76. The largest absolute Gasteiger partial charge is 0.393 e. The SMILES string of the molecule is C[C@]12C=C[C@@](CO)(O1)[C@H]1C(=O)N(c3ccccc3-c3ccccc3)C(=O)[C@@H]12. The standard InChI is InChI=1S/C22H19NO4/c1-21-11-12-22(13-24,27-21)18-17(21)19(25)23(20(18)26)16-10-6-5-9-15(16)14-7-3-2-4-8-14/h2-12,17-18,24H,13H2,1H3/t17-,18-,21-,22+/m1/s1. The van der Waals surface area contributed by atoms with Crippen molar-refractivity contribution in [3.05, 3.63) is 66.7 Å². The lowest BCUT2D eigenvalue weighted by Gasteiger charge is -2.27. The second-order valence-electron chi connectivity index (χ2n) is 7.58. The van der Waals surface area contributed by atoms with E-state index < -0.39 is 23.0 Å². The topological polar surface area (TPSA) is 66.8 Å². The van der Waals surface area contributed by atoms with Crippen LogP contribution >= 0.6 is 0 Å². The first-order valence-corrected chi connectivity index (χ1v) is 9.04. The molecule has 2 aromatic rings. The molecule has 0 radical (unpaired) electrons. The lowest BCUT2D eigenvalue weighted by molar-refractivity contribution is -0.131. The molecule has 5 rings (SSSR count). The van der Waals surface area contributed by atoms with Crippen molar-refractivity contribution in [3.63, 3.8) is 0 Å². The normalized spacial score (nSPS) is 33.8. The first-order chi connectivity index (χ1) is 13.0. The summed E-state index contributed by atoms with van der Waals surface area (Å²) < 4.78 is 5.97. The number of anilines is 1. The minimum atomic E-state index is -1.11. The summed E-state index contributed by atoms with van der Waals surface area (Å²) >= 11 is 0. The number of aliphatic hydroxyl groups excluding tert-OH is 1. The van der Waals surface area contributed by atoms with Gasteiger partial charge in [0.2, 0.25) is 11.8 Å². The molecule has 1 N–H and O–H groups in total. The van der Waals surface area contributed by atoms with Crippen LogP contribution in [0.15, 0.2) is 66.7 Å². The molecule has 3 heterocycles. The second kappa shape index (κ2) is 5.38. The number of hydrogen-bond donors (Lipinski definition) is 1. The first kappa shape index (κ1) is 16.4. The molecular formula is C22H19NO4. The molecule has 27 heavy (non-hydrogen) atoms. The summed E-state index contributed by atoms with van der Waals surface area (Å²) in [6.07, 6.45) is 3.55. The lowest BCUT2D eigenvalue weighted by atomic mass is 9.73. The smallest absolute Gasteiger partial charge is 0.241 e. The molecule has 2 aromatic carbocycles. The van der Waals surface area contributed by atoms with Crippen molar-refractivity contribution in [2.24, 2.45) is 11.8 Å². The van der Waals surface area contributed by atoms with E-state index in [2.05, 4.69) is 0 Å². The van der Waals surface area contributed by atoms with Crippen molar-refractivity contribution >= 4 is 17.5 Å². The summed E-state index contributed by atoms with van der Waals surface area (Å²) in [5, 5.41) is 9.94.